The molecular weight excluding hydrogens is 328 g/mol. The number of rotatable bonds is 7. The SMILES string of the molecule is CCOc1ccc(OCC(=O)Nc2sc(C)c(C)c2C(N)=O)cc1. The lowest BCUT2D eigenvalue weighted by Gasteiger charge is -2.08. The third kappa shape index (κ3) is 4.26. The minimum Gasteiger partial charge on any atom is -0.494 e. The van der Waals surface area contributed by atoms with Crippen molar-refractivity contribution in [2.24, 2.45) is 5.73 Å². The van der Waals surface area contributed by atoms with Crippen molar-refractivity contribution in [3.8, 4) is 11.5 Å². The highest BCUT2D eigenvalue weighted by molar-refractivity contribution is 7.16. The number of nitrogens with one attached hydrogen (secondary N) is 1. The Morgan fingerprint density at radius 2 is 1.71 bits per heavy atom. The summed E-state index contributed by atoms with van der Waals surface area (Å²) in [5.41, 5.74) is 6.52. The van der Waals surface area contributed by atoms with Crippen LogP contribution in [0.25, 0.3) is 0 Å². The van der Waals surface area contributed by atoms with Crippen LogP contribution in [0.5, 0.6) is 11.5 Å². The predicted octanol–water partition coefficient (Wildman–Crippen LogP) is 2.88. The smallest absolute Gasteiger partial charge is 0.262 e. The topological polar surface area (TPSA) is 90.7 Å². The molecule has 0 fully saturated rings. The summed E-state index contributed by atoms with van der Waals surface area (Å²) >= 11 is 1.32. The zero-order chi connectivity index (χ0) is 17.7. The van der Waals surface area contributed by atoms with E-state index in [2.05, 4.69) is 5.32 Å². The Labute approximate surface area is 144 Å². The average Bonchev–Trinajstić information content (AvgIpc) is 2.81. The Hall–Kier alpha value is -2.54. The molecule has 0 atom stereocenters. The minimum absolute atomic E-state index is 0.165. The molecule has 0 aliphatic carbocycles. The van der Waals surface area contributed by atoms with Gasteiger partial charge >= 0.3 is 0 Å². The molecule has 24 heavy (non-hydrogen) atoms. The van der Waals surface area contributed by atoms with Crippen LogP contribution in [0.1, 0.15) is 27.7 Å². The number of ether oxygens (including phenoxy) is 2. The third-order valence-corrected chi connectivity index (χ3v) is 4.51. The zero-order valence-electron chi connectivity index (χ0n) is 13.8. The normalized spacial score (nSPS) is 10.3. The van der Waals surface area contributed by atoms with Gasteiger partial charge in [-0.15, -0.1) is 11.3 Å². The number of carbonyl (C=O) groups is 2. The van der Waals surface area contributed by atoms with Crippen LogP contribution in [0.3, 0.4) is 0 Å². The zero-order valence-corrected chi connectivity index (χ0v) is 14.7. The summed E-state index contributed by atoms with van der Waals surface area (Å²) in [5, 5.41) is 3.14. The first-order chi connectivity index (χ1) is 11.4. The second-order valence-corrected chi connectivity index (χ2v) is 6.32. The number of carbonyl (C=O) groups excluding carboxylic acids is 2. The van der Waals surface area contributed by atoms with E-state index in [1.807, 2.05) is 13.8 Å². The summed E-state index contributed by atoms with van der Waals surface area (Å²) in [6.45, 7) is 6.01. The highest BCUT2D eigenvalue weighted by atomic mass is 32.1. The standard InChI is InChI=1S/C17H20N2O4S/c1-4-22-12-5-7-13(8-6-12)23-9-14(20)19-17-15(16(18)21)10(2)11(3)24-17/h5-8H,4,9H2,1-3H3,(H2,18,21)(H,19,20). The van der Waals surface area contributed by atoms with Gasteiger partial charge in [0, 0.05) is 4.88 Å². The van der Waals surface area contributed by atoms with Gasteiger partial charge in [-0.1, -0.05) is 0 Å². The summed E-state index contributed by atoms with van der Waals surface area (Å²) in [4.78, 5) is 24.5. The maximum Gasteiger partial charge on any atom is 0.262 e. The van der Waals surface area contributed by atoms with Crippen LogP contribution < -0.4 is 20.5 Å². The molecule has 0 saturated heterocycles. The molecule has 6 nitrogen and oxygen atoms in total. The Morgan fingerprint density at radius 3 is 2.25 bits per heavy atom. The Balaban J connectivity index is 1.96. The molecule has 2 rings (SSSR count). The second-order valence-electron chi connectivity index (χ2n) is 5.09. The quantitative estimate of drug-likeness (QED) is 0.805. The molecule has 7 heteroatoms. The van der Waals surface area contributed by atoms with E-state index in [1.165, 1.54) is 11.3 Å². The molecule has 3 N–H and O–H groups in total. The molecule has 0 radical (unpaired) electrons. The molecule has 0 spiro atoms. The van der Waals surface area contributed by atoms with E-state index in [4.69, 9.17) is 15.2 Å². The maximum absolute atomic E-state index is 12.0. The molecule has 0 aliphatic rings. The molecule has 0 saturated carbocycles. The van der Waals surface area contributed by atoms with E-state index in [0.29, 0.717) is 22.9 Å². The summed E-state index contributed by atoms with van der Waals surface area (Å²) in [5.74, 6) is 0.388. The van der Waals surface area contributed by atoms with Gasteiger partial charge in [0.25, 0.3) is 11.8 Å². The number of hydrogen-bond donors (Lipinski definition) is 2. The lowest BCUT2D eigenvalue weighted by Crippen LogP contribution is -2.22. The highest BCUT2D eigenvalue weighted by Gasteiger charge is 2.19. The number of thiophene rings is 1. The first-order valence-corrected chi connectivity index (χ1v) is 8.29. The molecule has 2 aromatic rings. The summed E-state index contributed by atoms with van der Waals surface area (Å²) in [7, 11) is 0. The predicted molar refractivity (Wildman–Crippen MR) is 94.0 cm³/mol. The van der Waals surface area contributed by atoms with E-state index in [1.54, 1.807) is 31.2 Å². The summed E-state index contributed by atoms with van der Waals surface area (Å²) in [6, 6.07) is 7.00. The first-order valence-electron chi connectivity index (χ1n) is 7.47. The van der Waals surface area contributed by atoms with Crippen LogP contribution >= 0.6 is 11.3 Å². The van der Waals surface area contributed by atoms with Crippen LogP contribution in [-0.2, 0) is 4.79 Å². The van der Waals surface area contributed by atoms with Crippen molar-refractivity contribution in [2.75, 3.05) is 18.5 Å². The largest absolute Gasteiger partial charge is 0.494 e. The van der Waals surface area contributed by atoms with E-state index in [-0.39, 0.29) is 12.5 Å². The monoisotopic (exact) mass is 348 g/mol. The Bertz CT molecular complexity index is 738. The van der Waals surface area contributed by atoms with Crippen LogP contribution in [0.15, 0.2) is 24.3 Å². The number of anilines is 1. The molecule has 1 aromatic heterocycles. The molecule has 128 valence electrons. The van der Waals surface area contributed by atoms with Crippen LogP contribution in [-0.4, -0.2) is 25.0 Å². The molecule has 0 aliphatic heterocycles. The minimum atomic E-state index is -0.556. The number of nitrogens with two attached hydrogens (primary N) is 1. The fourth-order valence-electron chi connectivity index (χ4n) is 2.12. The number of aryl methyl sites for hydroxylation is 1. The lowest BCUT2D eigenvalue weighted by molar-refractivity contribution is -0.118. The van der Waals surface area contributed by atoms with Crippen LogP contribution in [0, 0.1) is 13.8 Å². The van der Waals surface area contributed by atoms with Gasteiger partial charge in [0.1, 0.15) is 16.5 Å². The van der Waals surface area contributed by atoms with E-state index in [9.17, 15) is 9.59 Å². The average molecular weight is 348 g/mol. The van der Waals surface area contributed by atoms with E-state index >= 15 is 0 Å². The molecule has 1 aromatic carbocycles. The van der Waals surface area contributed by atoms with Gasteiger partial charge in [-0.25, -0.2) is 0 Å². The van der Waals surface area contributed by atoms with Gasteiger partial charge in [-0.05, 0) is 50.6 Å². The van der Waals surface area contributed by atoms with Gasteiger partial charge in [0.15, 0.2) is 6.61 Å². The van der Waals surface area contributed by atoms with E-state index < -0.39 is 5.91 Å². The molecule has 0 bridgehead atoms. The number of primary amides is 1. The van der Waals surface area contributed by atoms with Crippen molar-refractivity contribution in [3.63, 3.8) is 0 Å². The van der Waals surface area contributed by atoms with Crippen molar-refractivity contribution < 1.29 is 19.1 Å². The summed E-state index contributed by atoms with van der Waals surface area (Å²) in [6.07, 6.45) is 0. The molecular formula is C17H20N2O4S. The van der Waals surface area contributed by atoms with Crippen molar-refractivity contribution in [3.05, 3.63) is 40.3 Å². The van der Waals surface area contributed by atoms with Gasteiger partial charge in [-0.2, -0.15) is 0 Å². The number of benzene rings is 1. The Morgan fingerprint density at radius 1 is 1.12 bits per heavy atom. The highest BCUT2D eigenvalue weighted by Crippen LogP contribution is 2.31. The van der Waals surface area contributed by atoms with Gasteiger partial charge in [-0.3, -0.25) is 9.59 Å². The fraction of sp³-hybridized carbons (Fsp3) is 0.294. The summed E-state index contributed by atoms with van der Waals surface area (Å²) < 4.78 is 10.8. The number of amides is 2. The second kappa shape index (κ2) is 7.83. The third-order valence-electron chi connectivity index (χ3n) is 3.39. The molecule has 1 heterocycles. The maximum atomic E-state index is 12.0. The molecule has 2 amide bonds. The van der Waals surface area contributed by atoms with Gasteiger partial charge in [0.05, 0.1) is 12.2 Å². The number of hydrogen-bond acceptors (Lipinski definition) is 5. The van der Waals surface area contributed by atoms with Crippen molar-refractivity contribution in [2.45, 2.75) is 20.8 Å². The van der Waals surface area contributed by atoms with Crippen LogP contribution in [0.4, 0.5) is 5.00 Å². The first kappa shape index (κ1) is 17.8. The van der Waals surface area contributed by atoms with E-state index in [0.717, 1.165) is 16.2 Å². The molecule has 0 unspecified atom stereocenters. The lowest BCUT2D eigenvalue weighted by atomic mass is 10.1. The van der Waals surface area contributed by atoms with Crippen molar-refractivity contribution >= 4 is 28.2 Å². The van der Waals surface area contributed by atoms with Crippen LogP contribution in [0.2, 0.25) is 0 Å². The van der Waals surface area contributed by atoms with Gasteiger partial charge in [0.2, 0.25) is 0 Å². The van der Waals surface area contributed by atoms with Crippen molar-refractivity contribution in [1.82, 2.24) is 0 Å². The Kier molecular flexibility index (Phi) is 5.81. The fourth-order valence-corrected chi connectivity index (χ4v) is 3.20. The van der Waals surface area contributed by atoms with Crippen molar-refractivity contribution in [1.29, 1.82) is 0 Å². The van der Waals surface area contributed by atoms with Gasteiger partial charge < -0.3 is 20.5 Å².